The molecule has 0 saturated carbocycles. The van der Waals surface area contributed by atoms with Gasteiger partial charge in [-0.25, -0.2) is 0 Å². The largest absolute Gasteiger partial charge is 0.466 e. The van der Waals surface area contributed by atoms with Crippen LogP contribution in [0.25, 0.3) is 0 Å². The zero-order valence-electron chi connectivity index (χ0n) is 20.7. The van der Waals surface area contributed by atoms with E-state index in [-0.39, 0.29) is 5.97 Å². The molecule has 0 spiro atoms. The van der Waals surface area contributed by atoms with Gasteiger partial charge in [-0.2, -0.15) is 0 Å². The average molecular weight is 423 g/mol. The predicted octanol–water partition coefficient (Wildman–Crippen LogP) is 9.71. The fraction of sp³-hybridized carbons (Fsp3) is 0.893. The molecule has 0 unspecified atom stereocenters. The Kier molecular flexibility index (Phi) is 25.6. The van der Waals surface area contributed by atoms with Crippen molar-refractivity contribution in [3.63, 3.8) is 0 Å². The van der Waals surface area contributed by atoms with Gasteiger partial charge < -0.3 is 4.74 Å². The Labute approximate surface area is 189 Å². The van der Waals surface area contributed by atoms with Crippen molar-refractivity contribution < 1.29 is 9.53 Å². The zero-order chi connectivity index (χ0) is 22.0. The fourth-order valence-corrected chi connectivity index (χ4v) is 3.80. The number of carbonyl (C=O) groups is 1. The van der Waals surface area contributed by atoms with E-state index in [1.54, 1.807) is 0 Å². The maximum Gasteiger partial charge on any atom is 0.305 e. The molecule has 0 aliphatic carbocycles. The number of hydrogen-bond acceptors (Lipinski definition) is 2. The lowest BCUT2D eigenvalue weighted by Crippen LogP contribution is -2.05. The van der Waals surface area contributed by atoms with Gasteiger partial charge in [0.25, 0.3) is 0 Å². The molecule has 0 aromatic carbocycles. The van der Waals surface area contributed by atoms with Gasteiger partial charge in [0, 0.05) is 6.42 Å². The lowest BCUT2D eigenvalue weighted by molar-refractivity contribution is -0.143. The summed E-state index contributed by atoms with van der Waals surface area (Å²) < 4.78 is 5.18. The minimum absolute atomic E-state index is 0.00301. The van der Waals surface area contributed by atoms with Crippen LogP contribution in [0.4, 0.5) is 0 Å². The van der Waals surface area contributed by atoms with Gasteiger partial charge in [-0.3, -0.25) is 4.79 Å². The van der Waals surface area contributed by atoms with E-state index in [1.807, 2.05) is 0 Å². The third-order valence-corrected chi connectivity index (χ3v) is 5.90. The summed E-state index contributed by atoms with van der Waals surface area (Å²) in [5.41, 5.74) is 0. The summed E-state index contributed by atoms with van der Waals surface area (Å²) >= 11 is 0. The highest BCUT2D eigenvalue weighted by Crippen LogP contribution is 2.13. The topological polar surface area (TPSA) is 26.3 Å². The van der Waals surface area contributed by atoms with Crippen molar-refractivity contribution in [3.05, 3.63) is 12.2 Å². The van der Waals surface area contributed by atoms with Gasteiger partial charge in [-0.1, -0.05) is 122 Å². The first-order valence-electron chi connectivity index (χ1n) is 13.6. The van der Waals surface area contributed by atoms with E-state index < -0.39 is 0 Å². The first kappa shape index (κ1) is 29.2. The van der Waals surface area contributed by atoms with Crippen molar-refractivity contribution in [3.8, 4) is 0 Å². The molecule has 0 fully saturated rings. The lowest BCUT2D eigenvalue weighted by atomic mass is 10.0. The Morgan fingerprint density at radius 1 is 0.533 bits per heavy atom. The average Bonchev–Trinajstić information content (AvgIpc) is 2.75. The second kappa shape index (κ2) is 26.2. The first-order valence-corrected chi connectivity index (χ1v) is 13.6. The molecule has 0 atom stereocenters. The molecule has 2 heteroatoms. The minimum atomic E-state index is -0.00301. The number of hydrogen-bond donors (Lipinski definition) is 0. The van der Waals surface area contributed by atoms with E-state index in [1.165, 1.54) is 116 Å². The number of ether oxygens (including phenoxy) is 1. The molecule has 0 saturated heterocycles. The number of allylic oxidation sites excluding steroid dienone is 2. The van der Waals surface area contributed by atoms with Crippen LogP contribution in [0.2, 0.25) is 0 Å². The maximum absolute atomic E-state index is 11.5. The third-order valence-electron chi connectivity index (χ3n) is 5.90. The molecule has 0 radical (unpaired) electrons. The van der Waals surface area contributed by atoms with Gasteiger partial charge in [0.15, 0.2) is 0 Å². The Bertz CT molecular complexity index is 362. The second-order valence-electron chi connectivity index (χ2n) is 9.03. The highest BCUT2D eigenvalue weighted by atomic mass is 16.5. The molecule has 0 aromatic heterocycles. The van der Waals surface area contributed by atoms with Crippen LogP contribution in [-0.2, 0) is 9.53 Å². The van der Waals surface area contributed by atoms with Crippen molar-refractivity contribution in [1.29, 1.82) is 0 Å². The normalized spacial score (nSPS) is 11.4. The number of carbonyl (C=O) groups excluding carboxylic acids is 1. The SMILES string of the molecule is CCCCCCCC/C=C/CCCCCCCCCCCCCC(=O)OCCCC. The van der Waals surface area contributed by atoms with E-state index in [0.717, 1.165) is 19.3 Å². The van der Waals surface area contributed by atoms with E-state index in [4.69, 9.17) is 4.74 Å². The molecule has 0 aliphatic heterocycles. The molecule has 2 nitrogen and oxygen atoms in total. The molecule has 0 rings (SSSR count). The number of esters is 1. The Balaban J connectivity index is 3.12. The van der Waals surface area contributed by atoms with Crippen LogP contribution in [0, 0.1) is 0 Å². The van der Waals surface area contributed by atoms with E-state index in [9.17, 15) is 4.79 Å². The second-order valence-corrected chi connectivity index (χ2v) is 9.03. The molecule has 0 N–H and O–H groups in total. The first-order chi connectivity index (χ1) is 14.8. The van der Waals surface area contributed by atoms with Crippen molar-refractivity contribution >= 4 is 5.97 Å². The molecule has 0 heterocycles. The Morgan fingerprint density at radius 3 is 1.40 bits per heavy atom. The van der Waals surface area contributed by atoms with Crippen LogP contribution in [0.3, 0.4) is 0 Å². The fourth-order valence-electron chi connectivity index (χ4n) is 3.80. The molecule has 30 heavy (non-hydrogen) atoms. The van der Waals surface area contributed by atoms with Gasteiger partial charge in [0.1, 0.15) is 0 Å². The van der Waals surface area contributed by atoms with E-state index >= 15 is 0 Å². The summed E-state index contributed by atoms with van der Waals surface area (Å²) in [6, 6.07) is 0. The number of rotatable bonds is 24. The van der Waals surface area contributed by atoms with Gasteiger partial charge in [-0.15, -0.1) is 0 Å². The summed E-state index contributed by atoms with van der Waals surface area (Å²) in [5, 5.41) is 0. The Morgan fingerprint density at radius 2 is 0.933 bits per heavy atom. The zero-order valence-corrected chi connectivity index (χ0v) is 20.7. The van der Waals surface area contributed by atoms with Crippen molar-refractivity contribution in [2.45, 2.75) is 155 Å². The molecule has 0 bridgehead atoms. The predicted molar refractivity (Wildman–Crippen MR) is 133 cm³/mol. The van der Waals surface area contributed by atoms with Gasteiger partial charge in [-0.05, 0) is 38.5 Å². The Hall–Kier alpha value is -0.790. The summed E-state index contributed by atoms with van der Waals surface area (Å²) in [6.45, 7) is 5.00. The standard InChI is InChI=1S/C28H54O2/c1-3-5-7-8-9-10-11-12-13-14-15-16-17-18-19-20-21-22-23-24-25-26-28(29)30-27-6-4-2/h12-13H,3-11,14-27H2,1-2H3/b13-12+. The van der Waals surface area contributed by atoms with Crippen LogP contribution in [0.15, 0.2) is 12.2 Å². The van der Waals surface area contributed by atoms with Crippen LogP contribution < -0.4 is 0 Å². The molecular weight excluding hydrogens is 368 g/mol. The molecule has 178 valence electrons. The van der Waals surface area contributed by atoms with E-state index in [2.05, 4.69) is 26.0 Å². The van der Waals surface area contributed by atoms with Crippen molar-refractivity contribution in [2.75, 3.05) is 6.61 Å². The van der Waals surface area contributed by atoms with Crippen molar-refractivity contribution in [1.82, 2.24) is 0 Å². The lowest BCUT2D eigenvalue weighted by Gasteiger charge is -2.04. The molecular formula is C28H54O2. The van der Waals surface area contributed by atoms with Crippen LogP contribution in [-0.4, -0.2) is 12.6 Å². The monoisotopic (exact) mass is 422 g/mol. The highest BCUT2D eigenvalue weighted by Gasteiger charge is 2.01. The van der Waals surface area contributed by atoms with E-state index in [0.29, 0.717) is 13.0 Å². The quantitative estimate of drug-likeness (QED) is 0.0878. The summed E-state index contributed by atoms with van der Waals surface area (Å²) in [5.74, 6) is -0.00301. The van der Waals surface area contributed by atoms with Crippen LogP contribution in [0.1, 0.15) is 155 Å². The summed E-state index contributed by atoms with van der Waals surface area (Å²) in [6.07, 6.45) is 33.0. The highest BCUT2D eigenvalue weighted by molar-refractivity contribution is 5.69. The third kappa shape index (κ3) is 25.2. The van der Waals surface area contributed by atoms with Gasteiger partial charge in [0.2, 0.25) is 0 Å². The number of unbranched alkanes of at least 4 members (excludes halogenated alkanes) is 18. The maximum atomic E-state index is 11.5. The van der Waals surface area contributed by atoms with Gasteiger partial charge in [0.05, 0.1) is 6.61 Å². The molecule has 0 aromatic rings. The van der Waals surface area contributed by atoms with Crippen LogP contribution >= 0.6 is 0 Å². The summed E-state index contributed by atoms with van der Waals surface area (Å²) in [4.78, 5) is 11.5. The summed E-state index contributed by atoms with van der Waals surface area (Å²) in [7, 11) is 0. The van der Waals surface area contributed by atoms with Gasteiger partial charge >= 0.3 is 5.97 Å². The smallest absolute Gasteiger partial charge is 0.305 e. The molecule has 0 aliphatic rings. The molecule has 0 amide bonds. The van der Waals surface area contributed by atoms with Crippen LogP contribution in [0.5, 0.6) is 0 Å². The minimum Gasteiger partial charge on any atom is -0.466 e. The van der Waals surface area contributed by atoms with Crippen molar-refractivity contribution in [2.24, 2.45) is 0 Å².